The summed E-state index contributed by atoms with van der Waals surface area (Å²) in [5.41, 5.74) is 0. The van der Waals surface area contributed by atoms with Crippen LogP contribution in [0.3, 0.4) is 0 Å². The predicted octanol–water partition coefficient (Wildman–Crippen LogP) is 2.84. The summed E-state index contributed by atoms with van der Waals surface area (Å²) in [6, 6.07) is 11.8. The van der Waals surface area contributed by atoms with Gasteiger partial charge >= 0.3 is 0 Å². The molecule has 0 aromatic heterocycles. The minimum atomic E-state index is 0.286. The summed E-state index contributed by atoms with van der Waals surface area (Å²) < 4.78 is 14.8. The molecule has 0 aliphatic carbocycles. The molecule has 2 aromatic carbocycles. The summed E-state index contributed by atoms with van der Waals surface area (Å²) in [5, 5.41) is 2.05. The van der Waals surface area contributed by atoms with Crippen molar-refractivity contribution in [2.24, 2.45) is 0 Å². The fourth-order valence-corrected chi connectivity index (χ4v) is 1.01. The van der Waals surface area contributed by atoms with E-state index in [4.69, 9.17) is 2.74 Å². The normalized spacial score (nSPS) is 12.8. The van der Waals surface area contributed by atoms with E-state index in [9.17, 15) is 0 Å². The highest BCUT2D eigenvalue weighted by atomic mass is 13.9. The second kappa shape index (κ2) is 2.14. The standard InChI is InChI=1S/C10H8/c1-2-6-10-8-4-3-7-9(10)5-1/h1-8H/i1D,2D. The smallest absolute Gasteiger partial charge is 0.0616 e. The van der Waals surface area contributed by atoms with E-state index in [0.29, 0.717) is 0 Å². The molecule has 0 aliphatic rings. The Hall–Kier alpha value is -1.30. The van der Waals surface area contributed by atoms with Crippen LogP contribution in [0.5, 0.6) is 0 Å². The molecule has 48 valence electrons. The third kappa shape index (κ3) is 0.781. The lowest BCUT2D eigenvalue weighted by molar-refractivity contribution is 1.75. The molecule has 0 atom stereocenters. The number of rotatable bonds is 0. The van der Waals surface area contributed by atoms with Crippen molar-refractivity contribution in [1.82, 2.24) is 0 Å². The van der Waals surface area contributed by atoms with Gasteiger partial charge in [0, 0.05) is 0 Å². The van der Waals surface area contributed by atoms with Crippen molar-refractivity contribution in [3.8, 4) is 0 Å². The van der Waals surface area contributed by atoms with E-state index >= 15 is 0 Å². The van der Waals surface area contributed by atoms with Gasteiger partial charge in [0.25, 0.3) is 0 Å². The molecule has 0 heteroatoms. The van der Waals surface area contributed by atoms with E-state index in [-0.39, 0.29) is 12.1 Å². The molecule has 0 unspecified atom stereocenters. The summed E-state index contributed by atoms with van der Waals surface area (Å²) >= 11 is 0. The van der Waals surface area contributed by atoms with Crippen LogP contribution in [0.15, 0.2) is 48.5 Å². The number of hydrogen-bond donors (Lipinski definition) is 0. The zero-order valence-electron chi connectivity index (χ0n) is 7.46. The van der Waals surface area contributed by atoms with E-state index in [2.05, 4.69) is 0 Å². The molecule has 0 aliphatic heterocycles. The van der Waals surface area contributed by atoms with Gasteiger partial charge in [0.15, 0.2) is 0 Å². The predicted molar refractivity (Wildman–Crippen MR) is 43.9 cm³/mol. The van der Waals surface area contributed by atoms with Crippen molar-refractivity contribution >= 4 is 10.8 Å². The van der Waals surface area contributed by atoms with Gasteiger partial charge in [-0.05, 0) is 10.8 Å². The first-order chi connectivity index (χ1) is 5.77. The molecule has 0 bridgehead atoms. The summed E-state index contributed by atoms with van der Waals surface area (Å²) in [4.78, 5) is 0. The molecular formula is C10H8. The number of hydrogen-bond acceptors (Lipinski definition) is 0. The quantitative estimate of drug-likeness (QED) is 0.514. The van der Waals surface area contributed by atoms with Gasteiger partial charge in [0.05, 0.1) is 2.74 Å². The molecular weight excluding hydrogens is 120 g/mol. The Morgan fingerprint density at radius 2 is 1.30 bits per heavy atom. The maximum absolute atomic E-state index is 7.41. The molecule has 2 rings (SSSR count). The third-order valence-electron chi connectivity index (χ3n) is 1.53. The topological polar surface area (TPSA) is 0 Å². The molecule has 0 heterocycles. The molecule has 2 aromatic rings. The van der Waals surface area contributed by atoms with E-state index in [1.165, 1.54) is 0 Å². The lowest BCUT2D eigenvalue weighted by Crippen LogP contribution is -1.67. The molecule has 0 saturated heterocycles. The highest BCUT2D eigenvalue weighted by molar-refractivity contribution is 5.81. The zero-order chi connectivity index (χ0) is 8.55. The molecule has 0 nitrogen and oxygen atoms in total. The van der Waals surface area contributed by atoms with Gasteiger partial charge < -0.3 is 0 Å². The van der Waals surface area contributed by atoms with Crippen LogP contribution in [0.2, 0.25) is 0 Å². The summed E-state index contributed by atoms with van der Waals surface area (Å²) in [5.74, 6) is 0. The Labute approximate surface area is 62.9 Å². The average molecular weight is 130 g/mol. The van der Waals surface area contributed by atoms with Crippen molar-refractivity contribution < 1.29 is 2.74 Å². The van der Waals surface area contributed by atoms with E-state index in [1.54, 1.807) is 12.1 Å². The van der Waals surface area contributed by atoms with Crippen LogP contribution in [-0.4, -0.2) is 0 Å². The van der Waals surface area contributed by atoms with Gasteiger partial charge in [-0.1, -0.05) is 48.5 Å². The van der Waals surface area contributed by atoms with Crippen LogP contribution in [0.4, 0.5) is 0 Å². The second-order valence-corrected chi connectivity index (χ2v) is 2.21. The second-order valence-electron chi connectivity index (χ2n) is 2.21. The summed E-state index contributed by atoms with van der Waals surface area (Å²) in [7, 11) is 0. The van der Waals surface area contributed by atoms with Gasteiger partial charge in [0.2, 0.25) is 0 Å². The number of benzene rings is 2. The van der Waals surface area contributed by atoms with Crippen molar-refractivity contribution in [2.45, 2.75) is 0 Å². The monoisotopic (exact) mass is 130 g/mol. The van der Waals surface area contributed by atoms with Crippen LogP contribution in [-0.2, 0) is 0 Å². The van der Waals surface area contributed by atoms with Crippen LogP contribution >= 0.6 is 0 Å². The molecule has 0 radical (unpaired) electrons. The van der Waals surface area contributed by atoms with Gasteiger partial charge in [-0.15, -0.1) is 0 Å². The Kier molecular flexibility index (Phi) is 0.808. The van der Waals surface area contributed by atoms with Gasteiger partial charge in [-0.3, -0.25) is 0 Å². The van der Waals surface area contributed by atoms with Gasteiger partial charge in [-0.2, -0.15) is 0 Å². The van der Waals surface area contributed by atoms with Crippen molar-refractivity contribution in [3.05, 3.63) is 48.5 Å². The Morgan fingerprint density at radius 3 is 1.80 bits per heavy atom. The molecule has 0 N–H and O–H groups in total. The van der Waals surface area contributed by atoms with Crippen LogP contribution in [0.25, 0.3) is 10.8 Å². The van der Waals surface area contributed by atoms with E-state index in [0.717, 1.165) is 10.8 Å². The van der Waals surface area contributed by atoms with Crippen molar-refractivity contribution in [1.29, 1.82) is 0 Å². The lowest BCUT2D eigenvalue weighted by atomic mass is 10.1. The van der Waals surface area contributed by atoms with Crippen LogP contribution in [0.1, 0.15) is 2.74 Å². The van der Waals surface area contributed by atoms with Gasteiger partial charge in [-0.25, -0.2) is 0 Å². The number of fused-ring (bicyclic) bond motifs is 1. The molecule has 0 amide bonds. The zero-order valence-corrected chi connectivity index (χ0v) is 5.46. The highest BCUT2D eigenvalue weighted by Crippen LogP contribution is 2.11. The van der Waals surface area contributed by atoms with E-state index < -0.39 is 0 Å². The van der Waals surface area contributed by atoms with Gasteiger partial charge in [0.1, 0.15) is 0 Å². The Morgan fingerprint density at radius 1 is 0.800 bits per heavy atom. The summed E-state index contributed by atoms with van der Waals surface area (Å²) in [6.45, 7) is 0. The van der Waals surface area contributed by atoms with E-state index in [1.807, 2.05) is 24.3 Å². The van der Waals surface area contributed by atoms with Crippen molar-refractivity contribution in [2.75, 3.05) is 0 Å². The lowest BCUT2D eigenvalue weighted by Gasteiger charge is -1.92. The molecule has 0 spiro atoms. The minimum Gasteiger partial charge on any atom is -0.0616 e. The first kappa shape index (κ1) is 3.77. The third-order valence-corrected chi connectivity index (χ3v) is 1.53. The Balaban J connectivity index is 2.84. The SMILES string of the molecule is [2H]c1cc2ccccc2cc1[2H]. The van der Waals surface area contributed by atoms with Crippen molar-refractivity contribution in [3.63, 3.8) is 0 Å². The highest BCUT2D eigenvalue weighted by Gasteiger charge is 1.85. The van der Waals surface area contributed by atoms with Crippen LogP contribution in [0, 0.1) is 0 Å². The molecule has 0 saturated carbocycles. The Bertz CT molecular complexity index is 381. The fourth-order valence-electron chi connectivity index (χ4n) is 1.01. The maximum atomic E-state index is 7.41. The largest absolute Gasteiger partial charge is 0.0623 e. The summed E-state index contributed by atoms with van der Waals surface area (Å²) in [6.07, 6.45) is 0. The minimum absolute atomic E-state index is 0.286. The maximum Gasteiger partial charge on any atom is 0.0623 e. The first-order valence-electron chi connectivity index (χ1n) is 4.23. The molecule has 10 heavy (non-hydrogen) atoms. The molecule has 0 fully saturated rings. The fraction of sp³-hybridized carbons (Fsp3) is 0. The average Bonchev–Trinajstić information content (AvgIpc) is 2.07. The van der Waals surface area contributed by atoms with Crippen LogP contribution < -0.4 is 0 Å². The first-order valence-corrected chi connectivity index (χ1v) is 3.23.